The molecule has 0 amide bonds. The van der Waals surface area contributed by atoms with Crippen LogP contribution in [0.2, 0.25) is 0 Å². The molecule has 11 heteroatoms. The van der Waals surface area contributed by atoms with Crippen LogP contribution >= 0.6 is 0 Å². The number of pyridine rings is 1. The minimum absolute atomic E-state index is 0.0305. The number of oxazole rings is 1. The number of aryl methyl sites for hydroxylation is 1. The highest BCUT2D eigenvalue weighted by molar-refractivity contribution is 5.92. The fraction of sp³-hybridized carbons (Fsp3) is 0.154. The summed E-state index contributed by atoms with van der Waals surface area (Å²) in [7, 11) is 0. The number of fused-ring (bicyclic) bond motifs is 1. The summed E-state index contributed by atoms with van der Waals surface area (Å²) in [5.74, 6) is 0.503. The zero-order chi connectivity index (χ0) is 26.2. The highest BCUT2D eigenvalue weighted by atomic mass is 19.4. The number of hydrogen-bond acceptors (Lipinski definition) is 7. The van der Waals surface area contributed by atoms with E-state index in [1.807, 2.05) is 19.1 Å². The molecule has 0 spiro atoms. The van der Waals surface area contributed by atoms with E-state index in [1.165, 1.54) is 24.7 Å². The Hall–Kier alpha value is -4.51. The number of nitrogens with one attached hydrogen (secondary N) is 1. The van der Waals surface area contributed by atoms with E-state index < -0.39 is 23.0 Å². The topological polar surface area (TPSA) is 106 Å². The van der Waals surface area contributed by atoms with Crippen molar-refractivity contribution in [2.75, 3.05) is 18.5 Å². The molecule has 0 radical (unpaired) electrons. The highest BCUT2D eigenvalue weighted by Crippen LogP contribution is 2.36. The lowest BCUT2D eigenvalue weighted by Gasteiger charge is -2.17. The van der Waals surface area contributed by atoms with Crippen LogP contribution in [0, 0.1) is 6.92 Å². The number of aliphatic hydroxyl groups is 1. The monoisotopic (exact) mass is 507 g/mol. The van der Waals surface area contributed by atoms with Gasteiger partial charge < -0.3 is 14.8 Å². The van der Waals surface area contributed by atoms with Crippen LogP contribution in [0.4, 0.5) is 18.9 Å². The average Bonchev–Trinajstić information content (AvgIpc) is 3.42. The number of benzene rings is 2. The summed E-state index contributed by atoms with van der Waals surface area (Å²) in [6.45, 7) is 1.75. The van der Waals surface area contributed by atoms with Gasteiger partial charge in [0.25, 0.3) is 5.56 Å². The van der Waals surface area contributed by atoms with Crippen LogP contribution in [0.25, 0.3) is 39.2 Å². The molecule has 0 atom stereocenters. The van der Waals surface area contributed by atoms with Gasteiger partial charge in [0.1, 0.15) is 11.2 Å². The second kappa shape index (κ2) is 9.51. The van der Waals surface area contributed by atoms with Gasteiger partial charge in [-0.2, -0.15) is 23.0 Å². The summed E-state index contributed by atoms with van der Waals surface area (Å²) in [6, 6.07) is 12.0. The summed E-state index contributed by atoms with van der Waals surface area (Å²) < 4.78 is 48.2. The van der Waals surface area contributed by atoms with Crippen molar-refractivity contribution in [1.29, 1.82) is 0 Å². The standard InChI is InChI=1S/C26H20F3N5O3/c1-15-9-16(22-13-30-14-37-22)11-17(10-15)23-19-3-2-6-32-24(19)25(36)34(33-23)21-12-18(31-7-8-35)4-5-20(21)26(27,28)29/h2-6,9-14,31,35H,7-8H2,1H3. The first-order chi connectivity index (χ1) is 17.8. The first-order valence-electron chi connectivity index (χ1n) is 11.2. The van der Waals surface area contributed by atoms with E-state index in [2.05, 4.69) is 20.4 Å². The van der Waals surface area contributed by atoms with Crippen molar-refractivity contribution < 1.29 is 22.7 Å². The third-order valence-corrected chi connectivity index (χ3v) is 5.70. The van der Waals surface area contributed by atoms with Crippen molar-refractivity contribution >= 4 is 16.6 Å². The number of halogens is 3. The maximum absolute atomic E-state index is 14.0. The van der Waals surface area contributed by atoms with E-state index in [9.17, 15) is 18.0 Å². The Kier molecular flexibility index (Phi) is 6.22. The summed E-state index contributed by atoms with van der Waals surface area (Å²) >= 11 is 0. The summed E-state index contributed by atoms with van der Waals surface area (Å²) in [5.41, 5.74) is 0.319. The van der Waals surface area contributed by atoms with Gasteiger partial charge in [-0.25, -0.2) is 4.98 Å². The van der Waals surface area contributed by atoms with E-state index in [0.29, 0.717) is 22.3 Å². The predicted molar refractivity (Wildman–Crippen MR) is 131 cm³/mol. The molecule has 0 aliphatic heterocycles. The maximum atomic E-state index is 14.0. The number of alkyl halides is 3. The fourth-order valence-corrected chi connectivity index (χ4v) is 4.12. The molecular weight excluding hydrogens is 487 g/mol. The molecular formula is C26H20F3N5O3. The van der Waals surface area contributed by atoms with Gasteiger partial charge in [0.2, 0.25) is 0 Å². The maximum Gasteiger partial charge on any atom is 0.418 e. The predicted octanol–water partition coefficient (Wildman–Crippen LogP) is 4.83. The van der Waals surface area contributed by atoms with Crippen molar-refractivity contribution in [2.24, 2.45) is 0 Å². The first kappa shape index (κ1) is 24.2. The number of aromatic nitrogens is 4. The van der Waals surface area contributed by atoms with Crippen LogP contribution in [-0.4, -0.2) is 38.0 Å². The summed E-state index contributed by atoms with van der Waals surface area (Å²) in [4.78, 5) is 21.5. The van der Waals surface area contributed by atoms with Crippen LogP contribution in [0.3, 0.4) is 0 Å². The minimum Gasteiger partial charge on any atom is -0.444 e. The van der Waals surface area contributed by atoms with Gasteiger partial charge in [-0.15, -0.1) is 0 Å². The number of aliphatic hydroxyl groups excluding tert-OH is 1. The molecule has 5 rings (SSSR count). The molecule has 0 aliphatic carbocycles. The Balaban J connectivity index is 1.81. The summed E-state index contributed by atoms with van der Waals surface area (Å²) in [5, 5.41) is 16.8. The SMILES string of the molecule is Cc1cc(-c2cnco2)cc(-c2nn(-c3cc(NCCO)ccc3C(F)(F)F)c(=O)c3ncccc23)c1. The molecule has 0 aliphatic rings. The fourth-order valence-electron chi connectivity index (χ4n) is 4.12. The molecule has 0 bridgehead atoms. The van der Waals surface area contributed by atoms with Crippen LogP contribution in [0.1, 0.15) is 11.1 Å². The van der Waals surface area contributed by atoms with Crippen LogP contribution in [0.15, 0.2) is 76.5 Å². The molecule has 2 aromatic carbocycles. The van der Waals surface area contributed by atoms with Crippen LogP contribution < -0.4 is 10.9 Å². The van der Waals surface area contributed by atoms with E-state index >= 15 is 0 Å². The normalized spacial score (nSPS) is 11.7. The Morgan fingerprint density at radius 2 is 1.92 bits per heavy atom. The van der Waals surface area contributed by atoms with Gasteiger partial charge >= 0.3 is 6.18 Å². The molecule has 3 heterocycles. The lowest BCUT2D eigenvalue weighted by atomic mass is 10.0. The number of nitrogens with zero attached hydrogens (tertiary/aromatic N) is 4. The summed E-state index contributed by atoms with van der Waals surface area (Å²) in [6.07, 6.45) is -0.509. The Morgan fingerprint density at radius 3 is 2.65 bits per heavy atom. The highest BCUT2D eigenvalue weighted by Gasteiger charge is 2.35. The van der Waals surface area contributed by atoms with Crippen LogP contribution in [0.5, 0.6) is 0 Å². The van der Waals surface area contributed by atoms with E-state index in [4.69, 9.17) is 9.52 Å². The Bertz CT molecular complexity index is 1650. The zero-order valence-electron chi connectivity index (χ0n) is 19.5. The van der Waals surface area contributed by atoms with Gasteiger partial charge in [-0.3, -0.25) is 9.78 Å². The molecule has 0 saturated carbocycles. The number of rotatable bonds is 6. The quantitative estimate of drug-likeness (QED) is 0.339. The second-order valence-corrected chi connectivity index (χ2v) is 8.30. The molecule has 5 aromatic rings. The third-order valence-electron chi connectivity index (χ3n) is 5.70. The van der Waals surface area contributed by atoms with Gasteiger partial charge in [-0.1, -0.05) is 0 Å². The molecule has 37 heavy (non-hydrogen) atoms. The van der Waals surface area contributed by atoms with E-state index in [1.54, 1.807) is 24.4 Å². The molecule has 8 nitrogen and oxygen atoms in total. The zero-order valence-corrected chi connectivity index (χ0v) is 19.5. The molecule has 0 unspecified atom stereocenters. The van der Waals surface area contributed by atoms with Crippen LogP contribution in [-0.2, 0) is 6.18 Å². The average molecular weight is 507 g/mol. The molecule has 0 fully saturated rings. The lowest BCUT2D eigenvalue weighted by molar-refractivity contribution is -0.137. The van der Waals surface area contributed by atoms with Gasteiger partial charge in [0.05, 0.1) is 24.1 Å². The van der Waals surface area contributed by atoms with Crippen molar-refractivity contribution in [3.63, 3.8) is 0 Å². The number of anilines is 1. The molecule has 0 saturated heterocycles. The lowest BCUT2D eigenvalue weighted by Crippen LogP contribution is -2.26. The van der Waals surface area contributed by atoms with Crippen molar-refractivity contribution in [3.8, 4) is 28.3 Å². The Morgan fingerprint density at radius 1 is 1.11 bits per heavy atom. The van der Waals surface area contributed by atoms with Gasteiger partial charge in [-0.05, 0) is 61.0 Å². The molecule has 3 aromatic heterocycles. The molecule has 2 N–H and O–H groups in total. The largest absolute Gasteiger partial charge is 0.444 e. The van der Waals surface area contributed by atoms with Gasteiger partial charge in [0, 0.05) is 34.9 Å². The van der Waals surface area contributed by atoms with Gasteiger partial charge in [0.15, 0.2) is 12.2 Å². The third kappa shape index (κ3) is 4.68. The van der Waals surface area contributed by atoms with Crippen molar-refractivity contribution in [2.45, 2.75) is 13.1 Å². The smallest absolute Gasteiger partial charge is 0.418 e. The van der Waals surface area contributed by atoms with Crippen molar-refractivity contribution in [3.05, 3.63) is 88.8 Å². The van der Waals surface area contributed by atoms with E-state index in [-0.39, 0.29) is 30.0 Å². The van der Waals surface area contributed by atoms with E-state index in [0.717, 1.165) is 16.3 Å². The number of hydrogen-bond donors (Lipinski definition) is 2. The second-order valence-electron chi connectivity index (χ2n) is 8.30. The van der Waals surface area contributed by atoms with Crippen molar-refractivity contribution in [1.82, 2.24) is 19.7 Å². The Labute approximate surface area is 208 Å². The first-order valence-corrected chi connectivity index (χ1v) is 11.2. The molecule has 188 valence electrons. The minimum atomic E-state index is -4.76.